The molecular formula is C31H30ClF3N6O5S2. The Morgan fingerprint density at radius 2 is 1.71 bits per heavy atom. The maximum absolute atomic E-state index is 13.2. The Morgan fingerprint density at radius 3 is 2.40 bits per heavy atom. The molecule has 254 valence electrons. The first-order valence-electron chi connectivity index (χ1n) is 14.6. The number of aromatic nitrogens is 3. The molecule has 1 fully saturated rings. The molecule has 0 unspecified atom stereocenters. The number of nitrogens with one attached hydrogen (secondary N) is 2. The number of halogens is 4. The summed E-state index contributed by atoms with van der Waals surface area (Å²) in [5.41, 5.74) is -0.416. The predicted octanol–water partition coefficient (Wildman–Crippen LogP) is 5.78. The summed E-state index contributed by atoms with van der Waals surface area (Å²) in [5, 5.41) is 13.7. The molecular weight excluding hydrogens is 693 g/mol. The normalized spacial score (nSPS) is 14.0. The molecule has 2 heterocycles. The smallest absolute Gasteiger partial charge is 0.416 e. The van der Waals surface area contributed by atoms with Gasteiger partial charge >= 0.3 is 6.18 Å². The van der Waals surface area contributed by atoms with Gasteiger partial charge in [-0.2, -0.15) is 17.5 Å². The summed E-state index contributed by atoms with van der Waals surface area (Å²) >= 11 is 6.98. The molecule has 1 aromatic heterocycles. The van der Waals surface area contributed by atoms with Gasteiger partial charge in [0.15, 0.2) is 11.0 Å². The van der Waals surface area contributed by atoms with Crippen molar-refractivity contribution < 1.29 is 35.9 Å². The minimum Gasteiger partial charge on any atom is -0.495 e. The molecule has 0 atom stereocenters. The van der Waals surface area contributed by atoms with Crippen LogP contribution in [0.15, 0.2) is 76.8 Å². The quantitative estimate of drug-likeness (QED) is 0.186. The van der Waals surface area contributed by atoms with Crippen LogP contribution < -0.4 is 15.4 Å². The molecule has 4 aromatic rings. The Kier molecular flexibility index (Phi) is 11.0. The van der Waals surface area contributed by atoms with E-state index < -0.39 is 33.6 Å². The van der Waals surface area contributed by atoms with E-state index in [4.69, 9.17) is 16.3 Å². The summed E-state index contributed by atoms with van der Waals surface area (Å²) in [7, 11) is -2.18. The van der Waals surface area contributed by atoms with Crippen molar-refractivity contribution in [1.82, 2.24) is 24.4 Å². The van der Waals surface area contributed by atoms with Gasteiger partial charge < -0.3 is 15.4 Å². The van der Waals surface area contributed by atoms with Crippen LogP contribution in [0.2, 0.25) is 5.02 Å². The number of hydrogen-bond acceptors (Lipinski definition) is 8. The maximum atomic E-state index is 13.2. The van der Waals surface area contributed by atoms with E-state index >= 15 is 0 Å². The minimum absolute atomic E-state index is 0.0603. The SMILES string of the molecule is COc1ccccc1-n1c(CNC(=O)c2ccc(S(=O)(=O)N3CCCCC3)cc2)nnc1SCC(=O)Nc1cc(C(F)(F)F)ccc1Cl. The number of benzene rings is 3. The van der Waals surface area contributed by atoms with Gasteiger partial charge in [-0.1, -0.05) is 41.9 Å². The second-order valence-electron chi connectivity index (χ2n) is 10.6. The van der Waals surface area contributed by atoms with Crippen LogP contribution in [-0.4, -0.2) is 65.3 Å². The van der Waals surface area contributed by atoms with E-state index in [1.807, 2.05) is 0 Å². The summed E-state index contributed by atoms with van der Waals surface area (Å²) in [5.74, 6) is -0.674. The number of rotatable bonds is 11. The molecule has 1 aliphatic rings. The van der Waals surface area contributed by atoms with E-state index in [0.29, 0.717) is 24.5 Å². The number of piperidine rings is 1. The highest BCUT2D eigenvalue weighted by Gasteiger charge is 2.31. The summed E-state index contributed by atoms with van der Waals surface area (Å²) in [4.78, 5) is 26.0. The molecule has 48 heavy (non-hydrogen) atoms. The highest BCUT2D eigenvalue weighted by molar-refractivity contribution is 7.99. The Morgan fingerprint density at radius 1 is 1.00 bits per heavy atom. The molecule has 0 saturated carbocycles. The number of thioether (sulfide) groups is 1. The fourth-order valence-electron chi connectivity index (χ4n) is 4.97. The van der Waals surface area contributed by atoms with E-state index in [1.165, 1.54) is 35.7 Å². The predicted molar refractivity (Wildman–Crippen MR) is 174 cm³/mol. The van der Waals surface area contributed by atoms with E-state index in [0.717, 1.165) is 49.2 Å². The number of methoxy groups -OCH3 is 1. The minimum atomic E-state index is -4.62. The number of alkyl halides is 3. The Hall–Kier alpha value is -4.12. The van der Waals surface area contributed by atoms with Crippen molar-refractivity contribution in [3.8, 4) is 11.4 Å². The van der Waals surface area contributed by atoms with Crippen LogP contribution in [0.25, 0.3) is 5.69 Å². The van der Waals surface area contributed by atoms with E-state index in [9.17, 15) is 31.2 Å². The first-order chi connectivity index (χ1) is 22.9. The van der Waals surface area contributed by atoms with E-state index in [-0.39, 0.29) is 44.4 Å². The zero-order chi connectivity index (χ0) is 34.5. The van der Waals surface area contributed by atoms with Crippen molar-refractivity contribution in [3.05, 3.63) is 88.7 Å². The van der Waals surface area contributed by atoms with Gasteiger partial charge in [0.05, 0.1) is 46.3 Å². The summed E-state index contributed by atoms with van der Waals surface area (Å²) < 4.78 is 74.0. The van der Waals surface area contributed by atoms with E-state index in [1.54, 1.807) is 28.8 Å². The molecule has 0 spiro atoms. The number of hydrogen-bond donors (Lipinski definition) is 2. The third kappa shape index (κ3) is 8.11. The Balaban J connectivity index is 1.31. The van der Waals surface area contributed by atoms with Crippen molar-refractivity contribution in [2.45, 2.75) is 42.0 Å². The van der Waals surface area contributed by atoms with Gasteiger partial charge in [0.1, 0.15) is 5.75 Å². The average molecular weight is 723 g/mol. The molecule has 1 aliphatic heterocycles. The van der Waals surface area contributed by atoms with Gasteiger partial charge in [0, 0.05) is 18.7 Å². The number of carbonyl (C=O) groups is 2. The van der Waals surface area contributed by atoms with Crippen molar-refractivity contribution in [3.63, 3.8) is 0 Å². The van der Waals surface area contributed by atoms with Crippen LogP contribution in [0, 0.1) is 0 Å². The van der Waals surface area contributed by atoms with Crippen LogP contribution >= 0.6 is 23.4 Å². The summed E-state index contributed by atoms with van der Waals surface area (Å²) in [6, 6.07) is 15.2. The molecule has 0 aliphatic carbocycles. The van der Waals surface area contributed by atoms with Crippen molar-refractivity contribution >= 4 is 50.9 Å². The van der Waals surface area contributed by atoms with Crippen LogP contribution in [0.1, 0.15) is 41.0 Å². The van der Waals surface area contributed by atoms with Crippen LogP contribution in [0.5, 0.6) is 5.75 Å². The van der Waals surface area contributed by atoms with Crippen LogP contribution in [0.4, 0.5) is 18.9 Å². The fourth-order valence-corrected chi connectivity index (χ4v) is 7.42. The molecule has 11 nitrogen and oxygen atoms in total. The number of amides is 2. The molecule has 3 aromatic carbocycles. The number of sulfonamides is 1. The Bertz CT molecular complexity index is 1900. The van der Waals surface area contributed by atoms with Crippen molar-refractivity contribution in [1.29, 1.82) is 0 Å². The van der Waals surface area contributed by atoms with Gasteiger partial charge in [-0.3, -0.25) is 14.2 Å². The molecule has 2 amide bonds. The Labute approximate surface area is 283 Å². The summed E-state index contributed by atoms with van der Waals surface area (Å²) in [6.45, 7) is 0.823. The van der Waals surface area contributed by atoms with Gasteiger partial charge in [-0.25, -0.2) is 8.42 Å². The third-order valence-corrected chi connectivity index (χ3v) is 10.6. The van der Waals surface area contributed by atoms with Gasteiger partial charge in [0.2, 0.25) is 15.9 Å². The number of ether oxygens (including phenoxy) is 1. The lowest BCUT2D eigenvalue weighted by molar-refractivity contribution is -0.137. The number of nitrogens with zero attached hydrogens (tertiary/aromatic N) is 4. The van der Waals surface area contributed by atoms with Crippen LogP contribution in [-0.2, 0) is 27.5 Å². The van der Waals surface area contributed by atoms with Gasteiger partial charge in [0.25, 0.3) is 5.91 Å². The van der Waals surface area contributed by atoms with Crippen LogP contribution in [0.3, 0.4) is 0 Å². The molecule has 0 radical (unpaired) electrons. The lowest BCUT2D eigenvalue weighted by Crippen LogP contribution is -2.35. The lowest BCUT2D eigenvalue weighted by atomic mass is 10.2. The number of carbonyl (C=O) groups excluding carboxylic acids is 2. The molecule has 0 bridgehead atoms. The second-order valence-corrected chi connectivity index (χ2v) is 13.9. The maximum Gasteiger partial charge on any atom is 0.416 e. The van der Waals surface area contributed by atoms with Gasteiger partial charge in [-0.05, 0) is 67.4 Å². The van der Waals surface area contributed by atoms with Crippen molar-refractivity contribution in [2.75, 3.05) is 31.3 Å². The monoisotopic (exact) mass is 722 g/mol. The molecule has 1 saturated heterocycles. The second kappa shape index (κ2) is 15.0. The number of para-hydroxylation sites is 2. The van der Waals surface area contributed by atoms with E-state index in [2.05, 4.69) is 20.8 Å². The zero-order valence-corrected chi connectivity index (χ0v) is 27.8. The standard InChI is InChI=1S/C31H30ClF3N6O5S2/c1-46-26-8-4-3-7-25(26)41-27(18-36-29(43)20-9-12-22(13-10-20)48(44,45)40-15-5-2-6-16-40)38-39-30(41)47-19-28(42)37-24-17-21(31(33,34)35)11-14-23(24)32/h3-4,7-14,17H,2,5-6,15-16,18-19H2,1H3,(H,36,43)(H,37,42). The number of anilines is 1. The topological polar surface area (TPSA) is 136 Å². The first-order valence-corrected chi connectivity index (χ1v) is 17.4. The highest BCUT2D eigenvalue weighted by atomic mass is 35.5. The van der Waals surface area contributed by atoms with Crippen molar-refractivity contribution in [2.24, 2.45) is 0 Å². The molecule has 2 N–H and O–H groups in total. The summed E-state index contributed by atoms with van der Waals surface area (Å²) in [6.07, 6.45) is -2.01. The third-order valence-electron chi connectivity index (χ3n) is 7.40. The average Bonchev–Trinajstić information content (AvgIpc) is 3.49. The highest BCUT2D eigenvalue weighted by Crippen LogP contribution is 2.34. The fraction of sp³-hybridized carbons (Fsp3) is 0.290. The molecule has 17 heteroatoms. The largest absolute Gasteiger partial charge is 0.495 e. The first kappa shape index (κ1) is 35.2. The lowest BCUT2D eigenvalue weighted by Gasteiger charge is -2.25. The van der Waals surface area contributed by atoms with Gasteiger partial charge in [-0.15, -0.1) is 10.2 Å². The zero-order valence-electron chi connectivity index (χ0n) is 25.5. The molecule has 5 rings (SSSR count).